The van der Waals surface area contributed by atoms with E-state index < -0.39 is 6.09 Å². The van der Waals surface area contributed by atoms with Crippen LogP contribution in [0.25, 0.3) is 0 Å². The quantitative estimate of drug-likeness (QED) is 0.833. The monoisotopic (exact) mass is 221 g/mol. The molecular formula is C12H15NO3. The number of rotatable bonds is 2. The Hall–Kier alpha value is -1.55. The lowest BCUT2D eigenvalue weighted by atomic mass is 10.2. The minimum Gasteiger partial charge on any atom is -0.443 e. The molecule has 1 aromatic carbocycles. The molecule has 1 aliphatic heterocycles. The molecule has 2 rings (SSSR count). The first-order chi connectivity index (χ1) is 7.74. The van der Waals surface area contributed by atoms with Gasteiger partial charge in [-0.1, -0.05) is 12.1 Å². The average Bonchev–Trinajstić information content (AvgIpc) is 2.70. The summed E-state index contributed by atoms with van der Waals surface area (Å²) in [5, 5.41) is 2.69. The Morgan fingerprint density at radius 2 is 2.44 bits per heavy atom. The lowest BCUT2D eigenvalue weighted by molar-refractivity contribution is 0.0932. The average molecular weight is 221 g/mol. The van der Waals surface area contributed by atoms with Gasteiger partial charge in [-0.25, -0.2) is 4.79 Å². The van der Waals surface area contributed by atoms with Crippen molar-refractivity contribution in [3.8, 4) is 0 Å². The fraction of sp³-hybridized carbons (Fsp3) is 0.417. The maximum absolute atomic E-state index is 11.5. The molecule has 4 heteroatoms. The molecule has 0 aliphatic carbocycles. The molecule has 1 heterocycles. The van der Waals surface area contributed by atoms with Crippen molar-refractivity contribution in [1.82, 2.24) is 0 Å². The standard InChI is InChI=1S/C12H15NO3/c1-9-3-2-4-10(7-9)13-12(14)16-11-5-6-15-8-11/h2-4,7,11H,5-6,8H2,1H3,(H,13,14)/t11-/m1/s1. The van der Waals surface area contributed by atoms with Crippen LogP contribution in [-0.4, -0.2) is 25.4 Å². The first-order valence-corrected chi connectivity index (χ1v) is 5.36. The van der Waals surface area contributed by atoms with Gasteiger partial charge in [-0.3, -0.25) is 5.32 Å². The zero-order valence-electron chi connectivity index (χ0n) is 9.23. The number of carbonyl (C=O) groups excluding carboxylic acids is 1. The van der Waals surface area contributed by atoms with E-state index in [-0.39, 0.29) is 6.10 Å². The smallest absolute Gasteiger partial charge is 0.411 e. The Bertz CT molecular complexity index is 372. The number of hydrogen-bond acceptors (Lipinski definition) is 3. The van der Waals surface area contributed by atoms with Crippen LogP contribution in [-0.2, 0) is 9.47 Å². The summed E-state index contributed by atoms with van der Waals surface area (Å²) in [6.45, 7) is 3.14. The van der Waals surface area contributed by atoms with Crippen LogP contribution < -0.4 is 5.32 Å². The maximum Gasteiger partial charge on any atom is 0.411 e. The third-order valence-electron chi connectivity index (χ3n) is 2.43. The fourth-order valence-electron chi connectivity index (χ4n) is 1.63. The van der Waals surface area contributed by atoms with E-state index in [0.29, 0.717) is 13.2 Å². The summed E-state index contributed by atoms with van der Waals surface area (Å²) in [7, 11) is 0. The van der Waals surface area contributed by atoms with Crippen LogP contribution in [0, 0.1) is 6.92 Å². The Kier molecular flexibility index (Phi) is 3.41. The van der Waals surface area contributed by atoms with E-state index in [1.54, 1.807) is 0 Å². The lowest BCUT2D eigenvalue weighted by Gasteiger charge is -2.11. The molecule has 0 radical (unpaired) electrons. The maximum atomic E-state index is 11.5. The van der Waals surface area contributed by atoms with Gasteiger partial charge >= 0.3 is 6.09 Å². The van der Waals surface area contributed by atoms with Gasteiger partial charge in [0, 0.05) is 12.1 Å². The van der Waals surface area contributed by atoms with E-state index >= 15 is 0 Å². The normalized spacial score (nSPS) is 19.4. The summed E-state index contributed by atoms with van der Waals surface area (Å²) in [6, 6.07) is 7.59. The predicted molar refractivity (Wildman–Crippen MR) is 60.5 cm³/mol. The van der Waals surface area contributed by atoms with Gasteiger partial charge in [0.1, 0.15) is 6.10 Å². The second-order valence-electron chi connectivity index (χ2n) is 3.89. The van der Waals surface area contributed by atoms with Gasteiger partial charge in [-0.2, -0.15) is 0 Å². The van der Waals surface area contributed by atoms with E-state index in [9.17, 15) is 4.79 Å². The highest BCUT2D eigenvalue weighted by molar-refractivity contribution is 5.84. The molecule has 1 amide bonds. The predicted octanol–water partition coefficient (Wildman–Crippen LogP) is 2.33. The van der Waals surface area contributed by atoms with Crippen LogP contribution >= 0.6 is 0 Å². The number of nitrogens with one attached hydrogen (secondary N) is 1. The molecule has 1 fully saturated rings. The van der Waals surface area contributed by atoms with Gasteiger partial charge in [0.15, 0.2) is 0 Å². The van der Waals surface area contributed by atoms with Gasteiger partial charge in [0.25, 0.3) is 0 Å². The van der Waals surface area contributed by atoms with Crippen LogP contribution in [0.1, 0.15) is 12.0 Å². The van der Waals surface area contributed by atoms with Crippen molar-refractivity contribution >= 4 is 11.8 Å². The first kappa shape index (κ1) is 11.0. The summed E-state index contributed by atoms with van der Waals surface area (Å²) >= 11 is 0. The Labute approximate surface area is 94.6 Å². The highest BCUT2D eigenvalue weighted by atomic mass is 16.6. The van der Waals surface area contributed by atoms with Crippen LogP contribution in [0.15, 0.2) is 24.3 Å². The summed E-state index contributed by atoms with van der Waals surface area (Å²) in [4.78, 5) is 11.5. The summed E-state index contributed by atoms with van der Waals surface area (Å²) in [6.07, 6.45) is 0.257. The third kappa shape index (κ3) is 2.97. The molecular weight excluding hydrogens is 206 g/mol. The molecule has 86 valence electrons. The molecule has 0 aromatic heterocycles. The SMILES string of the molecule is Cc1cccc(NC(=O)O[C@@H]2CCOC2)c1. The summed E-state index contributed by atoms with van der Waals surface area (Å²) < 4.78 is 10.3. The van der Waals surface area contributed by atoms with Crippen molar-refractivity contribution in [2.75, 3.05) is 18.5 Å². The van der Waals surface area contributed by atoms with Crippen molar-refractivity contribution in [1.29, 1.82) is 0 Å². The molecule has 0 saturated carbocycles. The summed E-state index contributed by atoms with van der Waals surface area (Å²) in [5.74, 6) is 0. The number of hydrogen-bond donors (Lipinski definition) is 1. The van der Waals surface area contributed by atoms with Crippen molar-refractivity contribution in [2.24, 2.45) is 0 Å². The number of amides is 1. The zero-order chi connectivity index (χ0) is 11.4. The minimum atomic E-state index is -0.416. The second kappa shape index (κ2) is 4.99. The van der Waals surface area contributed by atoms with Crippen LogP contribution in [0.4, 0.5) is 10.5 Å². The molecule has 1 N–H and O–H groups in total. The van der Waals surface area contributed by atoms with Crippen molar-refractivity contribution in [3.63, 3.8) is 0 Å². The van der Waals surface area contributed by atoms with Crippen molar-refractivity contribution < 1.29 is 14.3 Å². The van der Waals surface area contributed by atoms with Crippen LogP contribution in [0.3, 0.4) is 0 Å². The molecule has 1 saturated heterocycles. The van der Waals surface area contributed by atoms with Gasteiger partial charge in [0.2, 0.25) is 0 Å². The number of benzene rings is 1. The number of aryl methyl sites for hydroxylation is 1. The Morgan fingerprint density at radius 3 is 3.12 bits per heavy atom. The lowest BCUT2D eigenvalue weighted by Crippen LogP contribution is -2.22. The van der Waals surface area contributed by atoms with Crippen molar-refractivity contribution in [3.05, 3.63) is 29.8 Å². The first-order valence-electron chi connectivity index (χ1n) is 5.36. The molecule has 16 heavy (non-hydrogen) atoms. The molecule has 1 aliphatic rings. The fourth-order valence-corrected chi connectivity index (χ4v) is 1.63. The van der Waals surface area contributed by atoms with Gasteiger partial charge in [0.05, 0.1) is 13.2 Å². The molecule has 0 unspecified atom stereocenters. The van der Waals surface area contributed by atoms with Crippen LogP contribution in [0.5, 0.6) is 0 Å². The van der Waals surface area contributed by atoms with E-state index in [1.165, 1.54) is 0 Å². The molecule has 0 spiro atoms. The molecule has 0 bridgehead atoms. The highest BCUT2D eigenvalue weighted by Gasteiger charge is 2.19. The number of ether oxygens (including phenoxy) is 2. The Balaban J connectivity index is 1.86. The third-order valence-corrected chi connectivity index (χ3v) is 2.43. The van der Waals surface area contributed by atoms with Crippen molar-refractivity contribution in [2.45, 2.75) is 19.4 Å². The zero-order valence-corrected chi connectivity index (χ0v) is 9.23. The minimum absolute atomic E-state index is 0.107. The largest absolute Gasteiger partial charge is 0.443 e. The Morgan fingerprint density at radius 1 is 1.56 bits per heavy atom. The van der Waals surface area contributed by atoms with Crippen LogP contribution in [0.2, 0.25) is 0 Å². The summed E-state index contributed by atoms with van der Waals surface area (Å²) in [5.41, 5.74) is 1.85. The number of anilines is 1. The van der Waals surface area contributed by atoms with Gasteiger partial charge in [-0.05, 0) is 24.6 Å². The molecule has 1 aromatic rings. The van der Waals surface area contributed by atoms with Gasteiger partial charge < -0.3 is 9.47 Å². The topological polar surface area (TPSA) is 47.6 Å². The second-order valence-corrected chi connectivity index (χ2v) is 3.89. The van der Waals surface area contributed by atoms with Gasteiger partial charge in [-0.15, -0.1) is 0 Å². The highest BCUT2D eigenvalue weighted by Crippen LogP contribution is 2.12. The van der Waals surface area contributed by atoms with E-state index in [1.807, 2.05) is 31.2 Å². The molecule has 4 nitrogen and oxygen atoms in total. The van der Waals surface area contributed by atoms with E-state index in [2.05, 4.69) is 5.32 Å². The van der Waals surface area contributed by atoms with E-state index in [4.69, 9.17) is 9.47 Å². The number of carbonyl (C=O) groups is 1. The molecule has 1 atom stereocenters. The van der Waals surface area contributed by atoms with E-state index in [0.717, 1.165) is 17.7 Å².